The molecule has 3 nitrogen and oxygen atoms in total. The molecule has 1 aromatic carbocycles. The van der Waals surface area contributed by atoms with Crippen LogP contribution in [0.2, 0.25) is 0 Å². The number of carbonyl (C=O) groups is 1. The third-order valence-corrected chi connectivity index (χ3v) is 3.26. The Hall–Kier alpha value is -1.51. The molecule has 1 rings (SSSR count). The number of rotatable bonds is 7. The first-order valence-corrected chi connectivity index (χ1v) is 6.65. The molecule has 0 spiro atoms. The minimum Gasteiger partial charge on any atom is -0.481 e. The molecule has 3 N–H and O–H groups in total. The average molecular weight is 249 g/mol. The topological polar surface area (TPSA) is 63.3 Å². The lowest BCUT2D eigenvalue weighted by Gasteiger charge is -2.15. The summed E-state index contributed by atoms with van der Waals surface area (Å²) in [5.41, 5.74) is 8.30. The highest BCUT2D eigenvalue weighted by Crippen LogP contribution is 2.28. The number of benzene rings is 1. The van der Waals surface area contributed by atoms with Crippen molar-refractivity contribution in [3.8, 4) is 0 Å². The van der Waals surface area contributed by atoms with Gasteiger partial charge in [-0.1, -0.05) is 50.3 Å². The Morgan fingerprint density at radius 2 is 2.06 bits per heavy atom. The van der Waals surface area contributed by atoms with Crippen molar-refractivity contribution in [2.75, 3.05) is 5.73 Å². The Kier molecular flexibility index (Phi) is 5.69. The molecule has 3 heteroatoms. The molecule has 0 fully saturated rings. The molecule has 18 heavy (non-hydrogen) atoms. The van der Waals surface area contributed by atoms with E-state index in [1.807, 2.05) is 19.1 Å². The minimum atomic E-state index is -0.774. The Labute approximate surface area is 109 Å². The number of nitrogens with two attached hydrogens (primary N) is 1. The average Bonchev–Trinajstić information content (AvgIpc) is 2.32. The highest BCUT2D eigenvalue weighted by Gasteiger charge is 2.21. The zero-order chi connectivity index (χ0) is 13.5. The van der Waals surface area contributed by atoms with Crippen LogP contribution in [-0.4, -0.2) is 11.1 Å². The minimum absolute atomic E-state index is 0.471. The van der Waals surface area contributed by atoms with E-state index in [9.17, 15) is 9.90 Å². The molecule has 0 aliphatic heterocycles. The summed E-state index contributed by atoms with van der Waals surface area (Å²) in [5.74, 6) is -1.24. The van der Waals surface area contributed by atoms with Gasteiger partial charge in [-0.15, -0.1) is 0 Å². The summed E-state index contributed by atoms with van der Waals surface area (Å²) in [6.45, 7) is 4.10. The molecule has 0 saturated heterocycles. The van der Waals surface area contributed by atoms with E-state index < -0.39 is 11.9 Å². The summed E-state index contributed by atoms with van der Waals surface area (Å²) >= 11 is 0. The number of aliphatic carboxylic acids is 1. The zero-order valence-electron chi connectivity index (χ0n) is 11.3. The lowest BCUT2D eigenvalue weighted by atomic mass is 9.91. The van der Waals surface area contributed by atoms with Crippen molar-refractivity contribution >= 4 is 11.7 Å². The standard InChI is InChI=1S/C15H23NO2/c1-3-4-5-6-7-12(15(17)18)13-10-11(2)8-9-14(13)16/h8-10,12H,3-7,16H2,1-2H3,(H,17,18). The molecule has 1 atom stereocenters. The monoisotopic (exact) mass is 249 g/mol. The second kappa shape index (κ2) is 7.04. The third kappa shape index (κ3) is 4.06. The molecular weight excluding hydrogens is 226 g/mol. The number of anilines is 1. The maximum absolute atomic E-state index is 11.4. The van der Waals surface area contributed by atoms with Crippen LogP contribution in [0, 0.1) is 6.92 Å². The molecule has 1 aromatic rings. The first kappa shape index (κ1) is 14.6. The molecule has 100 valence electrons. The summed E-state index contributed by atoms with van der Waals surface area (Å²) in [4.78, 5) is 11.4. The number of hydrogen-bond donors (Lipinski definition) is 2. The summed E-state index contributed by atoms with van der Waals surface area (Å²) in [6.07, 6.45) is 5.02. The van der Waals surface area contributed by atoms with Crippen LogP contribution in [0.4, 0.5) is 5.69 Å². The van der Waals surface area contributed by atoms with Gasteiger partial charge < -0.3 is 10.8 Å². The third-order valence-electron chi connectivity index (χ3n) is 3.26. The van der Waals surface area contributed by atoms with Crippen LogP contribution in [0.3, 0.4) is 0 Å². The number of hydrogen-bond acceptors (Lipinski definition) is 2. The van der Waals surface area contributed by atoms with Crippen LogP contribution in [0.1, 0.15) is 56.1 Å². The smallest absolute Gasteiger partial charge is 0.311 e. The van der Waals surface area contributed by atoms with E-state index in [2.05, 4.69) is 6.92 Å². The first-order valence-electron chi connectivity index (χ1n) is 6.65. The lowest BCUT2D eigenvalue weighted by molar-refractivity contribution is -0.139. The number of aryl methyl sites for hydroxylation is 1. The summed E-state index contributed by atoms with van der Waals surface area (Å²) in [5, 5.41) is 9.34. The number of nitrogen functional groups attached to an aromatic ring is 1. The van der Waals surface area contributed by atoms with Gasteiger partial charge in [0.1, 0.15) is 0 Å². The largest absolute Gasteiger partial charge is 0.481 e. The predicted octanol–water partition coefficient (Wildman–Crippen LogP) is 3.72. The van der Waals surface area contributed by atoms with E-state index in [1.165, 1.54) is 0 Å². The van der Waals surface area contributed by atoms with E-state index in [0.29, 0.717) is 12.1 Å². The van der Waals surface area contributed by atoms with Crippen molar-refractivity contribution in [1.29, 1.82) is 0 Å². The van der Waals surface area contributed by atoms with Crippen molar-refractivity contribution in [3.63, 3.8) is 0 Å². The molecule has 0 bridgehead atoms. The van der Waals surface area contributed by atoms with Crippen LogP contribution < -0.4 is 5.73 Å². The fourth-order valence-electron chi connectivity index (χ4n) is 2.18. The second-order valence-electron chi connectivity index (χ2n) is 4.87. The van der Waals surface area contributed by atoms with E-state index in [4.69, 9.17) is 5.73 Å². The SMILES string of the molecule is CCCCCCC(C(=O)O)c1cc(C)ccc1N. The van der Waals surface area contributed by atoms with Crippen molar-refractivity contribution in [2.24, 2.45) is 0 Å². The predicted molar refractivity (Wildman–Crippen MR) is 74.7 cm³/mol. The van der Waals surface area contributed by atoms with Gasteiger partial charge >= 0.3 is 5.97 Å². The molecule has 0 amide bonds. The summed E-state index contributed by atoms with van der Waals surface area (Å²) < 4.78 is 0. The summed E-state index contributed by atoms with van der Waals surface area (Å²) in [6, 6.07) is 5.61. The molecular formula is C15H23NO2. The van der Waals surface area contributed by atoms with Gasteiger partial charge in [0.05, 0.1) is 5.92 Å². The van der Waals surface area contributed by atoms with Crippen molar-refractivity contribution < 1.29 is 9.90 Å². The quantitative estimate of drug-likeness (QED) is 0.572. The van der Waals surface area contributed by atoms with Crippen LogP contribution >= 0.6 is 0 Å². The molecule has 1 unspecified atom stereocenters. The van der Waals surface area contributed by atoms with Crippen LogP contribution in [0.15, 0.2) is 18.2 Å². The van der Waals surface area contributed by atoms with Crippen LogP contribution in [0.5, 0.6) is 0 Å². The molecule has 0 saturated carbocycles. The van der Waals surface area contributed by atoms with Crippen LogP contribution in [-0.2, 0) is 4.79 Å². The van der Waals surface area contributed by atoms with Gasteiger partial charge in [0.25, 0.3) is 0 Å². The van der Waals surface area contributed by atoms with Gasteiger partial charge in [0.2, 0.25) is 0 Å². The van der Waals surface area contributed by atoms with Gasteiger partial charge in [0.15, 0.2) is 0 Å². The number of carboxylic acids is 1. The fraction of sp³-hybridized carbons (Fsp3) is 0.533. The highest BCUT2D eigenvalue weighted by atomic mass is 16.4. The molecule has 0 aromatic heterocycles. The Morgan fingerprint density at radius 3 is 2.67 bits per heavy atom. The zero-order valence-corrected chi connectivity index (χ0v) is 11.3. The maximum atomic E-state index is 11.4. The van der Waals surface area contributed by atoms with E-state index in [1.54, 1.807) is 6.07 Å². The van der Waals surface area contributed by atoms with Crippen molar-refractivity contribution in [2.45, 2.75) is 51.9 Å². The fourth-order valence-corrected chi connectivity index (χ4v) is 2.18. The maximum Gasteiger partial charge on any atom is 0.311 e. The Morgan fingerprint density at radius 1 is 1.33 bits per heavy atom. The first-order chi connectivity index (χ1) is 8.56. The van der Waals surface area contributed by atoms with Crippen molar-refractivity contribution in [3.05, 3.63) is 29.3 Å². The number of carboxylic acid groups (broad SMARTS) is 1. The van der Waals surface area contributed by atoms with Gasteiger partial charge in [-0.2, -0.15) is 0 Å². The van der Waals surface area contributed by atoms with Crippen LogP contribution in [0.25, 0.3) is 0 Å². The summed E-state index contributed by atoms with van der Waals surface area (Å²) in [7, 11) is 0. The molecule has 0 aliphatic carbocycles. The molecule has 0 radical (unpaired) electrons. The van der Waals surface area contributed by atoms with Gasteiger partial charge in [-0.3, -0.25) is 4.79 Å². The van der Waals surface area contributed by atoms with Gasteiger partial charge in [-0.25, -0.2) is 0 Å². The normalized spacial score (nSPS) is 12.3. The van der Waals surface area contributed by atoms with E-state index in [-0.39, 0.29) is 0 Å². The van der Waals surface area contributed by atoms with E-state index in [0.717, 1.165) is 36.8 Å². The van der Waals surface area contributed by atoms with Gasteiger partial charge in [-0.05, 0) is 25.0 Å². The lowest BCUT2D eigenvalue weighted by Crippen LogP contribution is -2.13. The Balaban J connectivity index is 2.77. The second-order valence-corrected chi connectivity index (χ2v) is 4.87. The molecule has 0 heterocycles. The van der Waals surface area contributed by atoms with E-state index >= 15 is 0 Å². The van der Waals surface area contributed by atoms with Crippen molar-refractivity contribution in [1.82, 2.24) is 0 Å². The van der Waals surface area contributed by atoms with Gasteiger partial charge in [0, 0.05) is 5.69 Å². The Bertz CT molecular complexity index is 401. The number of unbranched alkanes of at least 4 members (excludes halogenated alkanes) is 3. The highest BCUT2D eigenvalue weighted by molar-refractivity contribution is 5.78. The molecule has 0 aliphatic rings.